The quantitative estimate of drug-likeness (QED) is 0.659. The average molecular weight is 226 g/mol. The SMILES string of the molecule is CCCc1[nH]nc(C(=O)N(C)CCO)c1N. The number of hydrogen-bond acceptors (Lipinski definition) is 4. The van der Waals surface area contributed by atoms with E-state index in [1.165, 1.54) is 4.90 Å². The van der Waals surface area contributed by atoms with Crippen LogP contribution in [0.15, 0.2) is 0 Å². The molecule has 1 aromatic rings. The molecule has 0 bridgehead atoms. The number of H-pyrrole nitrogens is 1. The van der Waals surface area contributed by atoms with E-state index >= 15 is 0 Å². The molecule has 0 saturated carbocycles. The summed E-state index contributed by atoms with van der Waals surface area (Å²) in [6.07, 6.45) is 1.71. The Morgan fingerprint density at radius 3 is 2.88 bits per heavy atom. The molecule has 0 aliphatic rings. The molecule has 6 heteroatoms. The minimum atomic E-state index is -0.273. The number of nitrogens with zero attached hydrogens (tertiary/aromatic N) is 2. The molecule has 4 N–H and O–H groups in total. The summed E-state index contributed by atoms with van der Waals surface area (Å²) in [7, 11) is 1.60. The fraction of sp³-hybridized carbons (Fsp3) is 0.600. The van der Waals surface area contributed by atoms with Gasteiger partial charge < -0.3 is 15.7 Å². The summed E-state index contributed by atoms with van der Waals surface area (Å²) in [5, 5.41) is 15.4. The Morgan fingerprint density at radius 1 is 1.62 bits per heavy atom. The molecule has 1 heterocycles. The number of amides is 1. The van der Waals surface area contributed by atoms with Crippen LogP contribution in [0.5, 0.6) is 0 Å². The van der Waals surface area contributed by atoms with Crippen molar-refractivity contribution in [3.63, 3.8) is 0 Å². The summed E-state index contributed by atoms with van der Waals surface area (Å²) in [5.41, 5.74) is 7.26. The standard InChI is InChI=1S/C10H18N4O2/c1-3-4-7-8(11)9(13-12-7)10(16)14(2)5-6-15/h15H,3-6,11H2,1-2H3,(H,12,13). The highest BCUT2D eigenvalue weighted by atomic mass is 16.3. The summed E-state index contributed by atoms with van der Waals surface area (Å²) in [5.74, 6) is -0.273. The molecule has 1 amide bonds. The van der Waals surface area contributed by atoms with Crippen LogP contribution in [0.25, 0.3) is 0 Å². The first-order valence-corrected chi connectivity index (χ1v) is 5.30. The van der Waals surface area contributed by atoms with Crippen LogP contribution in [-0.2, 0) is 6.42 Å². The van der Waals surface area contributed by atoms with Gasteiger partial charge in [-0.05, 0) is 6.42 Å². The third-order valence-corrected chi connectivity index (χ3v) is 2.37. The summed E-state index contributed by atoms with van der Waals surface area (Å²) < 4.78 is 0. The van der Waals surface area contributed by atoms with E-state index in [1.807, 2.05) is 6.92 Å². The molecule has 90 valence electrons. The number of carbonyl (C=O) groups is 1. The highest BCUT2D eigenvalue weighted by Crippen LogP contribution is 2.16. The van der Waals surface area contributed by atoms with Gasteiger partial charge in [-0.15, -0.1) is 0 Å². The molecule has 6 nitrogen and oxygen atoms in total. The maximum atomic E-state index is 11.8. The van der Waals surface area contributed by atoms with E-state index in [4.69, 9.17) is 10.8 Å². The Kier molecular flexibility index (Phi) is 4.30. The van der Waals surface area contributed by atoms with E-state index in [2.05, 4.69) is 10.2 Å². The van der Waals surface area contributed by atoms with Crippen molar-refractivity contribution in [3.05, 3.63) is 11.4 Å². The zero-order chi connectivity index (χ0) is 12.1. The van der Waals surface area contributed by atoms with Gasteiger partial charge in [0, 0.05) is 13.6 Å². The predicted octanol–water partition coefficient (Wildman–Crippen LogP) is 0.00870. The second kappa shape index (κ2) is 5.50. The molecule has 0 aromatic carbocycles. The summed E-state index contributed by atoms with van der Waals surface area (Å²) in [4.78, 5) is 13.2. The monoisotopic (exact) mass is 226 g/mol. The van der Waals surface area contributed by atoms with E-state index in [9.17, 15) is 4.79 Å². The van der Waals surface area contributed by atoms with Crippen LogP contribution in [0.1, 0.15) is 29.5 Å². The largest absolute Gasteiger partial charge is 0.395 e. The summed E-state index contributed by atoms with van der Waals surface area (Å²) in [6.45, 7) is 2.22. The van der Waals surface area contributed by atoms with E-state index in [0.717, 1.165) is 18.5 Å². The van der Waals surface area contributed by atoms with Crippen LogP contribution in [-0.4, -0.2) is 46.3 Å². The van der Waals surface area contributed by atoms with Crippen molar-refractivity contribution in [2.75, 3.05) is 25.9 Å². The maximum Gasteiger partial charge on any atom is 0.276 e. The third-order valence-electron chi connectivity index (χ3n) is 2.37. The Labute approximate surface area is 94.4 Å². The minimum Gasteiger partial charge on any atom is -0.395 e. The predicted molar refractivity (Wildman–Crippen MR) is 61.0 cm³/mol. The number of nitrogens with one attached hydrogen (secondary N) is 1. The normalized spacial score (nSPS) is 10.4. The van der Waals surface area contributed by atoms with Crippen LogP contribution in [0.4, 0.5) is 5.69 Å². The van der Waals surface area contributed by atoms with Crippen molar-refractivity contribution in [2.45, 2.75) is 19.8 Å². The van der Waals surface area contributed by atoms with Gasteiger partial charge in [-0.3, -0.25) is 9.89 Å². The molecule has 1 rings (SSSR count). The molecule has 0 atom stereocenters. The molecule has 0 saturated heterocycles. The van der Waals surface area contributed by atoms with Gasteiger partial charge >= 0.3 is 0 Å². The second-order valence-corrected chi connectivity index (χ2v) is 3.66. The second-order valence-electron chi connectivity index (χ2n) is 3.66. The average Bonchev–Trinajstić information content (AvgIpc) is 2.61. The van der Waals surface area contributed by atoms with Gasteiger partial charge in [-0.25, -0.2) is 0 Å². The lowest BCUT2D eigenvalue weighted by Gasteiger charge is -2.14. The lowest BCUT2D eigenvalue weighted by atomic mass is 10.2. The van der Waals surface area contributed by atoms with Crippen LogP contribution in [0.3, 0.4) is 0 Å². The highest BCUT2D eigenvalue weighted by molar-refractivity contribution is 5.97. The van der Waals surface area contributed by atoms with Gasteiger partial charge in [0.05, 0.1) is 18.0 Å². The number of aromatic amines is 1. The molecule has 0 fully saturated rings. The lowest BCUT2D eigenvalue weighted by Crippen LogP contribution is -2.30. The first-order valence-electron chi connectivity index (χ1n) is 5.30. The van der Waals surface area contributed by atoms with Gasteiger partial charge in [-0.2, -0.15) is 5.10 Å². The van der Waals surface area contributed by atoms with Crippen LogP contribution in [0.2, 0.25) is 0 Å². The molecule has 0 radical (unpaired) electrons. The molecular formula is C10H18N4O2. The van der Waals surface area contributed by atoms with Crippen molar-refractivity contribution in [1.29, 1.82) is 0 Å². The van der Waals surface area contributed by atoms with Crippen LogP contribution in [0, 0.1) is 0 Å². The molecule has 16 heavy (non-hydrogen) atoms. The number of aromatic nitrogens is 2. The van der Waals surface area contributed by atoms with E-state index in [1.54, 1.807) is 7.05 Å². The number of carbonyl (C=O) groups excluding carboxylic acids is 1. The van der Waals surface area contributed by atoms with Gasteiger partial charge in [0.15, 0.2) is 5.69 Å². The molecule has 1 aromatic heterocycles. The first kappa shape index (κ1) is 12.5. The smallest absolute Gasteiger partial charge is 0.276 e. The van der Waals surface area contributed by atoms with Crippen LogP contribution >= 0.6 is 0 Å². The van der Waals surface area contributed by atoms with Crippen molar-refractivity contribution in [2.24, 2.45) is 0 Å². The summed E-state index contributed by atoms with van der Waals surface area (Å²) in [6, 6.07) is 0. The Balaban J connectivity index is 2.83. The topological polar surface area (TPSA) is 95.2 Å². The number of anilines is 1. The van der Waals surface area contributed by atoms with Crippen molar-refractivity contribution in [1.82, 2.24) is 15.1 Å². The van der Waals surface area contributed by atoms with Gasteiger partial charge in [0.2, 0.25) is 0 Å². The maximum absolute atomic E-state index is 11.8. The number of aliphatic hydroxyl groups is 1. The molecule has 0 spiro atoms. The zero-order valence-electron chi connectivity index (χ0n) is 9.66. The molecule has 0 aliphatic carbocycles. The van der Waals surface area contributed by atoms with Crippen molar-refractivity contribution in [3.8, 4) is 0 Å². The van der Waals surface area contributed by atoms with Gasteiger partial charge in [0.1, 0.15) is 0 Å². The molecule has 0 unspecified atom stereocenters. The summed E-state index contributed by atoms with van der Waals surface area (Å²) >= 11 is 0. The van der Waals surface area contributed by atoms with E-state index in [-0.39, 0.29) is 24.8 Å². The number of aryl methyl sites for hydroxylation is 1. The fourth-order valence-corrected chi connectivity index (χ4v) is 1.42. The number of hydrogen-bond donors (Lipinski definition) is 3. The lowest BCUT2D eigenvalue weighted by molar-refractivity contribution is 0.0762. The Bertz CT molecular complexity index is 362. The fourth-order valence-electron chi connectivity index (χ4n) is 1.42. The number of rotatable bonds is 5. The number of nitrogen functional groups attached to an aromatic ring is 1. The first-order chi connectivity index (χ1) is 7.61. The Morgan fingerprint density at radius 2 is 2.31 bits per heavy atom. The number of likely N-dealkylation sites (N-methyl/N-ethyl adjacent to an activating group) is 1. The highest BCUT2D eigenvalue weighted by Gasteiger charge is 2.19. The van der Waals surface area contributed by atoms with E-state index < -0.39 is 0 Å². The van der Waals surface area contributed by atoms with Gasteiger partial charge in [0.25, 0.3) is 5.91 Å². The molecular weight excluding hydrogens is 208 g/mol. The minimum absolute atomic E-state index is 0.0750. The zero-order valence-corrected chi connectivity index (χ0v) is 9.66. The van der Waals surface area contributed by atoms with Crippen molar-refractivity contribution >= 4 is 11.6 Å². The molecule has 0 aliphatic heterocycles. The third kappa shape index (κ3) is 2.52. The number of aliphatic hydroxyl groups excluding tert-OH is 1. The van der Waals surface area contributed by atoms with Gasteiger partial charge in [-0.1, -0.05) is 13.3 Å². The van der Waals surface area contributed by atoms with Crippen LogP contribution < -0.4 is 5.73 Å². The Hall–Kier alpha value is -1.56. The van der Waals surface area contributed by atoms with E-state index in [0.29, 0.717) is 5.69 Å². The van der Waals surface area contributed by atoms with Crippen molar-refractivity contribution < 1.29 is 9.90 Å². The number of nitrogens with two attached hydrogens (primary N) is 1.